The molecule has 0 amide bonds. The lowest BCUT2D eigenvalue weighted by atomic mass is 10.1. The van der Waals surface area contributed by atoms with E-state index in [1.54, 1.807) is 12.1 Å². The molecule has 0 aliphatic rings. The highest BCUT2D eigenvalue weighted by Gasteiger charge is 2.10. The van der Waals surface area contributed by atoms with Crippen molar-refractivity contribution in [2.45, 2.75) is 4.83 Å². The first-order valence-corrected chi connectivity index (χ1v) is 4.90. The molecule has 0 fully saturated rings. The molecule has 0 aliphatic heterocycles. The third-order valence-electron chi connectivity index (χ3n) is 1.38. The van der Waals surface area contributed by atoms with Crippen LogP contribution >= 0.6 is 31.9 Å². The molecule has 0 bridgehead atoms. The topological polar surface area (TPSA) is 17.1 Å². The summed E-state index contributed by atoms with van der Waals surface area (Å²) in [5.74, 6) is -0.390. The fraction of sp³-hybridized carbons (Fsp3) is 0.125. The number of hydrogen-bond donors (Lipinski definition) is 0. The average molecular weight is 296 g/mol. The Labute approximate surface area is 86.2 Å². The lowest BCUT2D eigenvalue weighted by Crippen LogP contribution is -1.94. The molecule has 1 rings (SSSR count). The predicted molar refractivity (Wildman–Crippen MR) is 51.8 cm³/mol. The van der Waals surface area contributed by atoms with Gasteiger partial charge in [-0.15, -0.1) is 0 Å². The lowest BCUT2D eigenvalue weighted by Gasteiger charge is -2.03. The smallest absolute Gasteiger partial charge is 0.138 e. The number of hydrogen-bond acceptors (Lipinski definition) is 1. The van der Waals surface area contributed by atoms with E-state index in [9.17, 15) is 9.18 Å². The van der Waals surface area contributed by atoms with Crippen LogP contribution in [0.4, 0.5) is 4.39 Å². The summed E-state index contributed by atoms with van der Waals surface area (Å²) in [6, 6.07) is 4.58. The summed E-state index contributed by atoms with van der Waals surface area (Å²) in [4.78, 5) is 9.75. The number of aldehydes is 1. The highest BCUT2D eigenvalue weighted by Crippen LogP contribution is 2.25. The Kier molecular flexibility index (Phi) is 3.40. The summed E-state index contributed by atoms with van der Waals surface area (Å²) in [7, 11) is 0. The van der Waals surface area contributed by atoms with E-state index in [0.29, 0.717) is 16.3 Å². The van der Waals surface area contributed by atoms with E-state index >= 15 is 0 Å². The number of carbonyl (C=O) groups excluding carboxylic acids is 1. The van der Waals surface area contributed by atoms with Crippen LogP contribution in [0.1, 0.15) is 10.4 Å². The van der Waals surface area contributed by atoms with Gasteiger partial charge in [0.05, 0.1) is 4.83 Å². The van der Waals surface area contributed by atoms with Crippen LogP contribution in [0.3, 0.4) is 0 Å². The van der Waals surface area contributed by atoms with Crippen molar-refractivity contribution in [3.8, 4) is 0 Å². The summed E-state index contributed by atoms with van der Waals surface area (Å²) < 4.78 is 13.7. The number of alkyl halides is 1. The molecule has 0 spiro atoms. The van der Waals surface area contributed by atoms with Crippen molar-refractivity contribution in [1.82, 2.24) is 0 Å². The quantitative estimate of drug-likeness (QED) is 0.605. The molecule has 0 radical (unpaired) electrons. The first-order chi connectivity index (χ1) is 5.65. The zero-order valence-electron chi connectivity index (χ0n) is 5.93. The Balaban J connectivity index is 3.09. The Morgan fingerprint density at radius 1 is 1.50 bits per heavy atom. The lowest BCUT2D eigenvalue weighted by molar-refractivity contribution is -0.107. The Bertz CT molecular complexity index is 301. The zero-order chi connectivity index (χ0) is 9.14. The summed E-state index contributed by atoms with van der Waals surface area (Å²) >= 11 is 6.16. The standard InChI is InChI=1S/C8H5Br2FO/c9-5-1-2-6(7(10)4-12)8(11)3-5/h1-4,7H. The van der Waals surface area contributed by atoms with Crippen molar-refractivity contribution in [3.05, 3.63) is 34.1 Å². The molecule has 12 heavy (non-hydrogen) atoms. The van der Waals surface area contributed by atoms with Crippen LogP contribution in [-0.2, 0) is 4.79 Å². The second-order valence-electron chi connectivity index (χ2n) is 2.20. The molecule has 1 nitrogen and oxygen atoms in total. The maximum absolute atomic E-state index is 13.1. The summed E-state index contributed by atoms with van der Waals surface area (Å²) in [5, 5.41) is 0. The van der Waals surface area contributed by atoms with Gasteiger partial charge in [-0.1, -0.05) is 37.9 Å². The highest BCUT2D eigenvalue weighted by atomic mass is 79.9. The molecule has 0 aliphatic carbocycles. The molecule has 1 unspecified atom stereocenters. The van der Waals surface area contributed by atoms with Gasteiger partial charge in [-0.05, 0) is 12.1 Å². The van der Waals surface area contributed by atoms with Crippen LogP contribution in [0.25, 0.3) is 0 Å². The minimum Gasteiger partial charge on any atom is -0.302 e. The largest absolute Gasteiger partial charge is 0.302 e. The fourth-order valence-corrected chi connectivity index (χ4v) is 1.50. The van der Waals surface area contributed by atoms with Crippen molar-refractivity contribution in [2.75, 3.05) is 0 Å². The van der Waals surface area contributed by atoms with Crippen molar-refractivity contribution in [1.29, 1.82) is 0 Å². The first kappa shape index (κ1) is 9.86. The van der Waals surface area contributed by atoms with E-state index in [0.717, 1.165) is 0 Å². The Morgan fingerprint density at radius 3 is 2.67 bits per heavy atom. The molecular formula is C8H5Br2FO. The van der Waals surface area contributed by atoms with Gasteiger partial charge in [-0.3, -0.25) is 0 Å². The Morgan fingerprint density at radius 2 is 2.17 bits per heavy atom. The van der Waals surface area contributed by atoms with Gasteiger partial charge in [0.25, 0.3) is 0 Å². The van der Waals surface area contributed by atoms with E-state index in [2.05, 4.69) is 31.9 Å². The van der Waals surface area contributed by atoms with Crippen LogP contribution in [0.15, 0.2) is 22.7 Å². The van der Waals surface area contributed by atoms with Gasteiger partial charge in [0.1, 0.15) is 12.1 Å². The van der Waals surface area contributed by atoms with Crippen molar-refractivity contribution in [2.24, 2.45) is 0 Å². The molecule has 0 saturated carbocycles. The van der Waals surface area contributed by atoms with Crippen LogP contribution in [-0.4, -0.2) is 6.29 Å². The van der Waals surface area contributed by atoms with Crippen molar-refractivity contribution in [3.63, 3.8) is 0 Å². The maximum atomic E-state index is 13.1. The van der Waals surface area contributed by atoms with E-state index in [1.807, 2.05) is 0 Å². The molecule has 0 N–H and O–H groups in total. The van der Waals surface area contributed by atoms with Crippen LogP contribution in [0, 0.1) is 5.82 Å². The third-order valence-corrected chi connectivity index (χ3v) is 2.58. The Hall–Kier alpha value is -0.220. The van der Waals surface area contributed by atoms with E-state index in [4.69, 9.17) is 0 Å². The summed E-state index contributed by atoms with van der Waals surface area (Å²) in [5.41, 5.74) is 0.355. The fourth-order valence-electron chi connectivity index (χ4n) is 0.798. The second-order valence-corrected chi connectivity index (χ2v) is 4.11. The number of rotatable bonds is 2. The van der Waals surface area contributed by atoms with Gasteiger partial charge in [-0.2, -0.15) is 0 Å². The number of benzene rings is 1. The van der Waals surface area contributed by atoms with Gasteiger partial charge in [0, 0.05) is 10.0 Å². The molecular weight excluding hydrogens is 291 g/mol. The molecule has 0 heterocycles. The van der Waals surface area contributed by atoms with Gasteiger partial charge in [0.2, 0.25) is 0 Å². The molecule has 4 heteroatoms. The van der Waals surface area contributed by atoms with Gasteiger partial charge < -0.3 is 4.79 Å². The van der Waals surface area contributed by atoms with E-state index in [-0.39, 0.29) is 0 Å². The molecule has 1 aromatic rings. The molecule has 1 atom stereocenters. The van der Waals surface area contributed by atoms with Gasteiger partial charge in [-0.25, -0.2) is 4.39 Å². The second kappa shape index (κ2) is 4.14. The predicted octanol–water partition coefficient (Wildman–Crippen LogP) is 3.22. The van der Waals surface area contributed by atoms with Crippen molar-refractivity contribution < 1.29 is 9.18 Å². The monoisotopic (exact) mass is 294 g/mol. The third kappa shape index (κ3) is 2.14. The number of halogens is 3. The minimum absolute atomic E-state index is 0.355. The molecule has 0 aromatic heterocycles. The highest BCUT2D eigenvalue weighted by molar-refractivity contribution is 9.10. The van der Waals surface area contributed by atoms with Crippen LogP contribution in [0.5, 0.6) is 0 Å². The first-order valence-electron chi connectivity index (χ1n) is 3.19. The summed E-state index contributed by atoms with van der Waals surface area (Å²) in [6.45, 7) is 0. The molecule has 0 saturated heterocycles. The normalized spacial score (nSPS) is 12.6. The molecule has 1 aromatic carbocycles. The van der Waals surface area contributed by atoms with E-state index in [1.165, 1.54) is 6.07 Å². The number of carbonyl (C=O) groups is 1. The van der Waals surface area contributed by atoms with Crippen LogP contribution in [0.2, 0.25) is 0 Å². The van der Waals surface area contributed by atoms with Crippen molar-refractivity contribution >= 4 is 38.1 Å². The minimum atomic E-state index is -0.564. The SMILES string of the molecule is O=CC(Br)c1ccc(Br)cc1F. The molecule has 64 valence electrons. The zero-order valence-corrected chi connectivity index (χ0v) is 9.10. The summed E-state index contributed by atoms with van der Waals surface area (Å²) in [6.07, 6.45) is 0.645. The van der Waals surface area contributed by atoms with E-state index < -0.39 is 10.6 Å². The van der Waals surface area contributed by atoms with Gasteiger partial charge in [0.15, 0.2) is 0 Å². The van der Waals surface area contributed by atoms with Crippen LogP contribution < -0.4 is 0 Å². The maximum Gasteiger partial charge on any atom is 0.138 e. The van der Waals surface area contributed by atoms with Gasteiger partial charge >= 0.3 is 0 Å². The average Bonchev–Trinajstić information content (AvgIpc) is 2.03.